The molecule has 11 heavy (non-hydrogen) atoms. The Morgan fingerprint density at radius 3 is 1.27 bits per heavy atom. The van der Waals surface area contributed by atoms with Crippen molar-refractivity contribution in [3.05, 3.63) is 12.4 Å². The van der Waals surface area contributed by atoms with E-state index < -0.39 is 8.24 Å². The summed E-state index contributed by atoms with van der Waals surface area (Å²) in [7, 11) is -1.17. The number of hydrogen-bond donors (Lipinski definition) is 0. The summed E-state index contributed by atoms with van der Waals surface area (Å²) in [5.41, 5.74) is 0.171. The zero-order chi connectivity index (χ0) is 7.71. The Bertz CT molecular complexity index is 79.2. The van der Waals surface area contributed by atoms with Gasteiger partial charge >= 0.3 is 16.8 Å². The van der Waals surface area contributed by atoms with Crippen molar-refractivity contribution in [1.29, 1.82) is 0 Å². The second-order valence-electron chi connectivity index (χ2n) is 4.45. The van der Waals surface area contributed by atoms with E-state index in [2.05, 4.69) is 45.4 Å². The van der Waals surface area contributed by atoms with Gasteiger partial charge in [0.25, 0.3) is 0 Å². The Morgan fingerprint density at radius 2 is 1.27 bits per heavy atom. The summed E-state index contributed by atoms with van der Waals surface area (Å²) in [5, 5.41) is 0. The molecule has 3 heteroatoms. The van der Waals surface area contributed by atoms with Crippen molar-refractivity contribution in [2.75, 3.05) is 0 Å². The van der Waals surface area contributed by atoms with Crippen LogP contribution in [0.15, 0.2) is 0 Å². The molecule has 71 valence electrons. The quantitative estimate of drug-likeness (QED) is 0.473. The van der Waals surface area contributed by atoms with E-state index in [1.807, 2.05) is 0 Å². The van der Waals surface area contributed by atoms with Crippen LogP contribution in [-0.4, -0.2) is 13.8 Å². The Hall–Kier alpha value is 0.683. The molecule has 0 fully saturated rings. The SMILES string of the molecule is CC(C)(C)[N-][Si](C)(C)C.[CH3-].[Co+2]. The van der Waals surface area contributed by atoms with Crippen LogP contribution in [-0.2, 0) is 16.8 Å². The predicted octanol–water partition coefficient (Wildman–Crippen LogP) is 3.44. The Balaban J connectivity index is -0.000000320. The third kappa shape index (κ3) is 18.0. The first-order valence-corrected chi connectivity index (χ1v) is 6.89. The minimum absolute atomic E-state index is 0. The van der Waals surface area contributed by atoms with E-state index in [9.17, 15) is 0 Å². The van der Waals surface area contributed by atoms with Crippen LogP contribution in [0.5, 0.6) is 0 Å². The van der Waals surface area contributed by atoms with Crippen molar-refractivity contribution in [3.63, 3.8) is 0 Å². The van der Waals surface area contributed by atoms with Crippen molar-refractivity contribution in [3.8, 4) is 0 Å². The molecule has 0 aromatic carbocycles. The van der Waals surface area contributed by atoms with E-state index in [0.29, 0.717) is 0 Å². The molecule has 0 saturated carbocycles. The molecule has 0 spiro atoms. The average molecular weight is 218 g/mol. The van der Waals surface area contributed by atoms with Crippen LogP contribution in [0.4, 0.5) is 0 Å². The molecular weight excluding hydrogens is 197 g/mol. The van der Waals surface area contributed by atoms with Gasteiger partial charge in [-0.25, -0.2) is 0 Å². The molecule has 0 saturated heterocycles. The van der Waals surface area contributed by atoms with Crippen LogP contribution in [0.25, 0.3) is 4.98 Å². The summed E-state index contributed by atoms with van der Waals surface area (Å²) >= 11 is 0. The minimum atomic E-state index is -1.17. The van der Waals surface area contributed by atoms with Crippen molar-refractivity contribution in [2.45, 2.75) is 46.0 Å². The molecule has 0 aliphatic heterocycles. The van der Waals surface area contributed by atoms with Crippen LogP contribution < -0.4 is 0 Å². The molecule has 0 aliphatic carbocycles. The summed E-state index contributed by atoms with van der Waals surface area (Å²) in [6, 6.07) is 0. The van der Waals surface area contributed by atoms with Gasteiger partial charge in [0.2, 0.25) is 0 Å². The van der Waals surface area contributed by atoms with Crippen LogP contribution in [0.3, 0.4) is 0 Å². The number of hydrogen-bond acceptors (Lipinski definition) is 0. The van der Waals surface area contributed by atoms with Gasteiger partial charge in [-0.05, 0) is 0 Å². The second kappa shape index (κ2) is 5.35. The van der Waals surface area contributed by atoms with Gasteiger partial charge in [-0.2, -0.15) is 0 Å². The van der Waals surface area contributed by atoms with Crippen molar-refractivity contribution in [1.82, 2.24) is 0 Å². The van der Waals surface area contributed by atoms with Gasteiger partial charge in [0, 0.05) is 0 Å². The largest absolute Gasteiger partial charge is 2.00 e. The van der Waals surface area contributed by atoms with Crippen LogP contribution >= 0.6 is 0 Å². The Kier molecular flexibility index (Phi) is 8.60. The zero-order valence-electron chi connectivity index (χ0n) is 8.78. The van der Waals surface area contributed by atoms with Crippen molar-refractivity contribution < 1.29 is 16.8 Å². The van der Waals surface area contributed by atoms with Gasteiger partial charge in [0.05, 0.1) is 0 Å². The summed E-state index contributed by atoms with van der Waals surface area (Å²) in [4.78, 5) is 4.68. The normalized spacial score (nSPS) is 11.5. The number of rotatable bonds is 1. The molecule has 1 radical (unpaired) electrons. The molecule has 0 aliphatic rings. The van der Waals surface area contributed by atoms with E-state index in [4.69, 9.17) is 0 Å². The molecule has 1 nitrogen and oxygen atoms in total. The summed E-state index contributed by atoms with van der Waals surface area (Å²) < 4.78 is 0. The fourth-order valence-electron chi connectivity index (χ4n) is 1.01. The molecule has 0 aromatic rings. The molecule has 0 atom stereocenters. The summed E-state index contributed by atoms with van der Waals surface area (Å²) in [5.74, 6) is 0. The molecule has 0 rings (SSSR count). The maximum absolute atomic E-state index is 4.68. The van der Waals surface area contributed by atoms with E-state index in [1.165, 1.54) is 0 Å². The fourth-order valence-corrected chi connectivity index (χ4v) is 3.02. The van der Waals surface area contributed by atoms with E-state index >= 15 is 0 Å². The third-order valence-corrected chi connectivity index (χ3v) is 2.01. The van der Waals surface area contributed by atoms with Gasteiger partial charge in [0.15, 0.2) is 0 Å². The Labute approximate surface area is 83.6 Å². The smallest absolute Gasteiger partial charge is 0.660 e. The van der Waals surface area contributed by atoms with Gasteiger partial charge in [-0.15, -0.1) is 5.54 Å². The van der Waals surface area contributed by atoms with Gasteiger partial charge in [-0.1, -0.05) is 48.6 Å². The molecule has 0 amide bonds. The monoisotopic (exact) mass is 218 g/mol. The average Bonchev–Trinajstić information content (AvgIpc) is 1.14. The Morgan fingerprint density at radius 1 is 1.00 bits per heavy atom. The summed E-state index contributed by atoms with van der Waals surface area (Å²) in [6.45, 7) is 13.3. The standard InChI is InChI=1S/C7H18NSi.CH3.Co/c1-7(2,3)8-9(4,5)6;;/h1-6H3;1H3;/q2*-1;+2. The van der Waals surface area contributed by atoms with E-state index in [0.717, 1.165) is 0 Å². The minimum Gasteiger partial charge on any atom is -0.660 e. The fraction of sp³-hybridized carbons (Fsp3) is 0.875. The van der Waals surface area contributed by atoms with Crippen LogP contribution in [0.2, 0.25) is 19.6 Å². The number of nitrogens with zero attached hydrogens (tertiary/aromatic N) is 1. The molecule has 0 bridgehead atoms. The van der Waals surface area contributed by atoms with Crippen molar-refractivity contribution in [2.24, 2.45) is 0 Å². The predicted molar refractivity (Wildman–Crippen MR) is 52.9 cm³/mol. The van der Waals surface area contributed by atoms with Crippen molar-refractivity contribution >= 4 is 8.24 Å². The molecular formula is C8H21CoNSi. The van der Waals surface area contributed by atoms with Gasteiger partial charge in [0.1, 0.15) is 0 Å². The first kappa shape index (κ1) is 17.7. The molecule has 0 aromatic heterocycles. The van der Waals surface area contributed by atoms with Crippen LogP contribution in [0.1, 0.15) is 20.8 Å². The third-order valence-electron chi connectivity index (χ3n) is 0.671. The topological polar surface area (TPSA) is 14.1 Å². The first-order valence-electron chi connectivity index (χ1n) is 3.45. The van der Waals surface area contributed by atoms with Gasteiger partial charge in [-0.3, -0.25) is 0 Å². The van der Waals surface area contributed by atoms with Crippen LogP contribution in [0, 0.1) is 7.43 Å². The zero-order valence-corrected chi connectivity index (χ0v) is 10.8. The molecule has 0 heterocycles. The van der Waals surface area contributed by atoms with Gasteiger partial charge < -0.3 is 12.4 Å². The summed E-state index contributed by atoms with van der Waals surface area (Å²) in [6.07, 6.45) is 0. The second-order valence-corrected chi connectivity index (χ2v) is 9.02. The van der Waals surface area contributed by atoms with E-state index in [-0.39, 0.29) is 29.7 Å². The maximum atomic E-state index is 4.68. The molecule has 0 N–H and O–H groups in total. The molecule has 0 unspecified atom stereocenters. The van der Waals surface area contributed by atoms with E-state index in [1.54, 1.807) is 0 Å². The first-order chi connectivity index (χ1) is 3.71. The maximum Gasteiger partial charge on any atom is 2.00 e.